The molecule has 2 aromatic heterocycles. The van der Waals surface area contributed by atoms with Gasteiger partial charge in [-0.25, -0.2) is 0 Å². The van der Waals surface area contributed by atoms with E-state index in [1.165, 1.54) is 0 Å². The van der Waals surface area contributed by atoms with Gasteiger partial charge in [-0.1, -0.05) is 16.8 Å². The van der Waals surface area contributed by atoms with E-state index in [0.717, 1.165) is 11.3 Å². The summed E-state index contributed by atoms with van der Waals surface area (Å²) in [6, 6.07) is 17.3. The summed E-state index contributed by atoms with van der Waals surface area (Å²) in [5.74, 6) is 1.74. The predicted octanol–water partition coefficient (Wildman–Crippen LogP) is 5.83. The fourth-order valence-corrected chi connectivity index (χ4v) is 2.97. The third-order valence-corrected chi connectivity index (χ3v) is 4.48. The number of rotatable bonds is 7. The lowest BCUT2D eigenvalue weighted by molar-refractivity contribution is 0.101. The van der Waals surface area contributed by atoms with Crippen LogP contribution in [-0.4, -0.2) is 22.7 Å². The van der Waals surface area contributed by atoms with Crippen LogP contribution in [0.25, 0.3) is 11.3 Å². The number of amides is 1. The van der Waals surface area contributed by atoms with Gasteiger partial charge >= 0.3 is 0 Å². The summed E-state index contributed by atoms with van der Waals surface area (Å²) >= 11 is 6.12. The van der Waals surface area contributed by atoms with Crippen molar-refractivity contribution >= 4 is 23.2 Å². The molecule has 0 spiro atoms. The molecule has 0 radical (unpaired) electrons. The molecule has 2 heterocycles. The van der Waals surface area contributed by atoms with Gasteiger partial charge in [-0.2, -0.15) is 0 Å². The Kier molecular flexibility index (Phi) is 6.14. The van der Waals surface area contributed by atoms with Crippen LogP contribution < -0.4 is 14.8 Å². The van der Waals surface area contributed by atoms with E-state index in [-0.39, 0.29) is 5.69 Å². The lowest BCUT2D eigenvalue weighted by Crippen LogP contribution is -2.12. The van der Waals surface area contributed by atoms with Crippen LogP contribution in [0.3, 0.4) is 0 Å². The van der Waals surface area contributed by atoms with Crippen LogP contribution in [0.15, 0.2) is 77.6 Å². The predicted molar refractivity (Wildman–Crippen MR) is 117 cm³/mol. The molecule has 0 aliphatic rings. The van der Waals surface area contributed by atoms with E-state index in [4.69, 9.17) is 25.6 Å². The first-order valence-corrected chi connectivity index (χ1v) is 9.89. The summed E-state index contributed by atoms with van der Waals surface area (Å²) in [5, 5.41) is 7.07. The quantitative estimate of drug-likeness (QED) is 0.393. The summed E-state index contributed by atoms with van der Waals surface area (Å²) < 4.78 is 16.6. The second-order valence-electron chi connectivity index (χ2n) is 6.42. The van der Waals surface area contributed by atoms with Gasteiger partial charge in [0.1, 0.15) is 11.5 Å². The normalized spacial score (nSPS) is 10.5. The Labute approximate surface area is 183 Å². The number of hydrogen-bond donors (Lipinski definition) is 1. The van der Waals surface area contributed by atoms with E-state index in [9.17, 15) is 4.79 Å². The highest BCUT2D eigenvalue weighted by Gasteiger charge is 2.16. The highest BCUT2D eigenvalue weighted by molar-refractivity contribution is 6.31. The average Bonchev–Trinajstić information content (AvgIpc) is 3.28. The summed E-state index contributed by atoms with van der Waals surface area (Å²) in [4.78, 5) is 16.8. The van der Waals surface area contributed by atoms with Crippen LogP contribution >= 0.6 is 11.6 Å². The maximum absolute atomic E-state index is 12.7. The summed E-state index contributed by atoms with van der Waals surface area (Å²) in [7, 11) is 0. The average molecular weight is 436 g/mol. The topological polar surface area (TPSA) is 86.5 Å². The molecule has 4 aromatic rings. The van der Waals surface area contributed by atoms with Gasteiger partial charge in [0.2, 0.25) is 0 Å². The molecule has 0 saturated heterocycles. The number of benzene rings is 2. The van der Waals surface area contributed by atoms with E-state index in [1.54, 1.807) is 54.9 Å². The standard InChI is InChI=1S/C23H18ClN3O4/c1-2-29-17-6-8-18(9-7-17)30-21-10-5-16(24)12-19(21)26-23(28)20-13-22(31-27-20)15-4-3-11-25-14-15/h3-14H,2H2,1H3,(H,26,28). The smallest absolute Gasteiger partial charge is 0.277 e. The minimum atomic E-state index is -0.460. The third-order valence-electron chi connectivity index (χ3n) is 4.24. The lowest BCUT2D eigenvalue weighted by atomic mass is 10.2. The van der Waals surface area contributed by atoms with Gasteiger partial charge in [0, 0.05) is 29.0 Å². The lowest BCUT2D eigenvalue weighted by Gasteiger charge is -2.12. The maximum atomic E-state index is 12.7. The Morgan fingerprint density at radius 2 is 1.90 bits per heavy atom. The zero-order valence-corrected chi connectivity index (χ0v) is 17.3. The molecule has 0 unspecified atom stereocenters. The molecule has 0 bridgehead atoms. The minimum Gasteiger partial charge on any atom is -0.494 e. The van der Waals surface area contributed by atoms with Gasteiger partial charge in [-0.05, 0) is 61.5 Å². The van der Waals surface area contributed by atoms with Crippen molar-refractivity contribution in [2.24, 2.45) is 0 Å². The highest BCUT2D eigenvalue weighted by Crippen LogP contribution is 2.33. The van der Waals surface area contributed by atoms with Crippen LogP contribution in [0.2, 0.25) is 5.02 Å². The number of ether oxygens (including phenoxy) is 2. The number of pyridine rings is 1. The molecule has 2 aromatic carbocycles. The molecule has 0 atom stereocenters. The van der Waals surface area contributed by atoms with Crippen molar-refractivity contribution in [1.82, 2.24) is 10.1 Å². The third kappa shape index (κ3) is 5.02. The monoisotopic (exact) mass is 435 g/mol. The van der Waals surface area contributed by atoms with Crippen LogP contribution in [0.4, 0.5) is 5.69 Å². The molecule has 0 fully saturated rings. The second-order valence-corrected chi connectivity index (χ2v) is 6.86. The Morgan fingerprint density at radius 3 is 2.65 bits per heavy atom. The van der Waals surface area contributed by atoms with Gasteiger partial charge in [-0.3, -0.25) is 9.78 Å². The van der Waals surface area contributed by atoms with Crippen molar-refractivity contribution in [2.45, 2.75) is 6.92 Å². The maximum Gasteiger partial charge on any atom is 0.277 e. The highest BCUT2D eigenvalue weighted by atomic mass is 35.5. The number of nitrogens with zero attached hydrogens (tertiary/aromatic N) is 2. The summed E-state index contributed by atoms with van der Waals surface area (Å²) in [6.45, 7) is 2.50. The van der Waals surface area contributed by atoms with Gasteiger partial charge in [0.25, 0.3) is 5.91 Å². The largest absolute Gasteiger partial charge is 0.494 e. The van der Waals surface area contributed by atoms with Crippen molar-refractivity contribution in [1.29, 1.82) is 0 Å². The molecule has 31 heavy (non-hydrogen) atoms. The first-order valence-electron chi connectivity index (χ1n) is 9.51. The molecule has 0 saturated carbocycles. The Balaban J connectivity index is 1.52. The van der Waals surface area contributed by atoms with Crippen molar-refractivity contribution < 1.29 is 18.8 Å². The van der Waals surface area contributed by atoms with Crippen molar-refractivity contribution in [2.75, 3.05) is 11.9 Å². The zero-order chi connectivity index (χ0) is 21.6. The van der Waals surface area contributed by atoms with Crippen molar-refractivity contribution in [3.05, 3.63) is 83.8 Å². The number of halogens is 1. The zero-order valence-electron chi connectivity index (χ0n) is 16.5. The molecule has 1 amide bonds. The van der Waals surface area contributed by atoms with Crippen molar-refractivity contribution in [3.63, 3.8) is 0 Å². The van der Waals surface area contributed by atoms with E-state index in [2.05, 4.69) is 15.5 Å². The Morgan fingerprint density at radius 1 is 1.10 bits per heavy atom. The summed E-state index contributed by atoms with van der Waals surface area (Å²) in [5.41, 5.74) is 1.24. The number of carbonyl (C=O) groups excluding carboxylic acids is 1. The van der Waals surface area contributed by atoms with Gasteiger partial charge < -0.3 is 19.3 Å². The number of nitrogens with one attached hydrogen (secondary N) is 1. The van der Waals surface area contributed by atoms with E-state index in [1.807, 2.05) is 25.1 Å². The fourth-order valence-electron chi connectivity index (χ4n) is 2.80. The molecular formula is C23H18ClN3O4. The minimum absolute atomic E-state index is 0.117. The molecule has 0 aliphatic heterocycles. The molecule has 7 nitrogen and oxygen atoms in total. The fraction of sp³-hybridized carbons (Fsp3) is 0.0870. The number of aromatic nitrogens is 2. The van der Waals surface area contributed by atoms with Gasteiger partial charge in [0.15, 0.2) is 17.2 Å². The Hall–Kier alpha value is -3.84. The number of carbonyl (C=O) groups is 1. The Bertz CT molecular complexity index is 1180. The first-order chi connectivity index (χ1) is 15.1. The number of anilines is 1. The van der Waals surface area contributed by atoms with Gasteiger partial charge in [-0.15, -0.1) is 0 Å². The SMILES string of the molecule is CCOc1ccc(Oc2ccc(Cl)cc2NC(=O)c2cc(-c3cccnc3)on2)cc1. The van der Waals surface area contributed by atoms with Crippen molar-refractivity contribution in [3.8, 4) is 28.6 Å². The molecule has 1 N–H and O–H groups in total. The van der Waals surface area contributed by atoms with E-state index >= 15 is 0 Å². The molecule has 0 aliphatic carbocycles. The molecular weight excluding hydrogens is 418 g/mol. The first kappa shape index (κ1) is 20.4. The second kappa shape index (κ2) is 9.32. The van der Waals surface area contributed by atoms with Crippen LogP contribution in [-0.2, 0) is 0 Å². The van der Waals surface area contributed by atoms with E-state index < -0.39 is 5.91 Å². The van der Waals surface area contributed by atoms with Crippen LogP contribution in [0, 0.1) is 0 Å². The molecule has 4 rings (SSSR count). The summed E-state index contributed by atoms with van der Waals surface area (Å²) in [6.07, 6.45) is 3.28. The molecule has 156 valence electrons. The van der Waals surface area contributed by atoms with Gasteiger partial charge in [0.05, 0.1) is 12.3 Å². The van der Waals surface area contributed by atoms with Crippen LogP contribution in [0.5, 0.6) is 17.2 Å². The van der Waals surface area contributed by atoms with Crippen LogP contribution in [0.1, 0.15) is 17.4 Å². The number of hydrogen-bond acceptors (Lipinski definition) is 6. The van der Waals surface area contributed by atoms with E-state index in [0.29, 0.717) is 34.6 Å². The molecule has 8 heteroatoms.